The summed E-state index contributed by atoms with van der Waals surface area (Å²) in [7, 11) is -2.58. The fraction of sp³-hybridized carbons (Fsp3) is 0.0625. The minimum atomic E-state index is -3.83. The summed E-state index contributed by atoms with van der Waals surface area (Å²) >= 11 is 3.10. The van der Waals surface area contributed by atoms with E-state index in [1.807, 2.05) is 0 Å². The maximum Gasteiger partial charge on any atom is 0.330 e. The minimum Gasteiger partial charge on any atom is -0.466 e. The number of esters is 1. The SMILES string of the molecule is COC(=O)C=Cc1ccccc1S(=O)(=O)N(Br)c1ccccc1. The zero-order chi connectivity index (χ0) is 16.9. The lowest BCUT2D eigenvalue weighted by Crippen LogP contribution is -2.21. The fourth-order valence-electron chi connectivity index (χ4n) is 1.85. The van der Waals surface area contributed by atoms with Crippen LogP contribution in [0.1, 0.15) is 5.56 Å². The Hall–Kier alpha value is -2.12. The number of methoxy groups -OCH3 is 1. The maximum absolute atomic E-state index is 12.8. The van der Waals surface area contributed by atoms with Gasteiger partial charge in [0.15, 0.2) is 0 Å². The molecule has 0 aliphatic heterocycles. The first-order valence-electron chi connectivity index (χ1n) is 6.58. The van der Waals surface area contributed by atoms with Crippen molar-refractivity contribution in [1.82, 2.24) is 0 Å². The fourth-order valence-corrected chi connectivity index (χ4v) is 3.81. The van der Waals surface area contributed by atoms with Crippen LogP contribution in [0, 0.1) is 0 Å². The first kappa shape index (κ1) is 17.2. The summed E-state index contributed by atoms with van der Waals surface area (Å²) in [6.07, 6.45) is 2.58. The highest BCUT2D eigenvalue weighted by molar-refractivity contribution is 9.11. The Morgan fingerprint density at radius 1 is 1.09 bits per heavy atom. The summed E-state index contributed by atoms with van der Waals surface area (Å²) in [6, 6.07) is 15.0. The van der Waals surface area contributed by atoms with Gasteiger partial charge < -0.3 is 4.74 Å². The van der Waals surface area contributed by atoms with Crippen LogP contribution in [0.4, 0.5) is 5.69 Å². The molecular weight excluding hydrogens is 382 g/mol. The topological polar surface area (TPSA) is 63.7 Å². The van der Waals surface area contributed by atoms with Crippen molar-refractivity contribution in [3.8, 4) is 0 Å². The lowest BCUT2D eigenvalue weighted by molar-refractivity contribution is -0.134. The van der Waals surface area contributed by atoms with Crippen molar-refractivity contribution in [1.29, 1.82) is 0 Å². The Morgan fingerprint density at radius 2 is 1.70 bits per heavy atom. The van der Waals surface area contributed by atoms with Crippen molar-refractivity contribution in [3.63, 3.8) is 0 Å². The predicted octanol–water partition coefficient (Wildman–Crippen LogP) is 3.38. The van der Waals surface area contributed by atoms with Crippen LogP contribution >= 0.6 is 16.1 Å². The Morgan fingerprint density at radius 3 is 2.35 bits per heavy atom. The quantitative estimate of drug-likeness (QED) is 0.442. The van der Waals surface area contributed by atoms with Gasteiger partial charge in [-0.05, 0) is 29.8 Å². The van der Waals surface area contributed by atoms with Crippen molar-refractivity contribution in [3.05, 3.63) is 66.2 Å². The number of hydrogen-bond donors (Lipinski definition) is 0. The van der Waals surface area contributed by atoms with E-state index in [0.717, 1.165) is 3.33 Å². The van der Waals surface area contributed by atoms with Gasteiger partial charge in [-0.25, -0.2) is 13.2 Å². The van der Waals surface area contributed by atoms with Gasteiger partial charge in [0, 0.05) is 6.08 Å². The van der Waals surface area contributed by atoms with Crippen molar-refractivity contribution in [2.75, 3.05) is 10.4 Å². The Balaban J connectivity index is 2.45. The van der Waals surface area contributed by atoms with E-state index in [-0.39, 0.29) is 4.90 Å². The monoisotopic (exact) mass is 395 g/mol. The van der Waals surface area contributed by atoms with Gasteiger partial charge in [-0.2, -0.15) is 3.33 Å². The number of carbonyl (C=O) groups excluding carboxylic acids is 1. The van der Waals surface area contributed by atoms with Gasteiger partial charge in [0.1, 0.15) is 0 Å². The number of nitrogens with zero attached hydrogens (tertiary/aromatic N) is 1. The van der Waals surface area contributed by atoms with E-state index in [4.69, 9.17) is 0 Å². The molecule has 2 rings (SSSR count). The number of halogens is 1. The molecule has 0 radical (unpaired) electrons. The lowest BCUT2D eigenvalue weighted by atomic mass is 10.2. The Kier molecular flexibility index (Phi) is 5.57. The average Bonchev–Trinajstić information content (AvgIpc) is 2.59. The van der Waals surface area contributed by atoms with E-state index < -0.39 is 16.0 Å². The van der Waals surface area contributed by atoms with E-state index in [1.54, 1.807) is 48.5 Å². The molecule has 0 saturated carbocycles. The molecule has 0 bridgehead atoms. The van der Waals surface area contributed by atoms with Gasteiger partial charge >= 0.3 is 5.97 Å². The van der Waals surface area contributed by atoms with Crippen molar-refractivity contribution >= 4 is 43.9 Å². The third-order valence-electron chi connectivity index (χ3n) is 2.97. The molecule has 2 aromatic carbocycles. The molecule has 0 aromatic heterocycles. The van der Waals surface area contributed by atoms with Gasteiger partial charge in [-0.3, -0.25) is 0 Å². The second-order valence-corrected chi connectivity index (χ2v) is 7.38. The number of hydrogen-bond acceptors (Lipinski definition) is 4. The van der Waals surface area contributed by atoms with Gasteiger partial charge in [0.2, 0.25) is 0 Å². The number of rotatable bonds is 5. The predicted molar refractivity (Wildman–Crippen MR) is 92.5 cm³/mol. The largest absolute Gasteiger partial charge is 0.466 e. The Bertz CT molecular complexity index is 819. The normalized spacial score (nSPS) is 11.4. The Labute approximate surface area is 143 Å². The molecule has 0 heterocycles. The van der Waals surface area contributed by atoms with Crippen LogP contribution in [0.3, 0.4) is 0 Å². The molecule has 2 aromatic rings. The number of para-hydroxylation sites is 1. The smallest absolute Gasteiger partial charge is 0.330 e. The molecule has 0 amide bonds. The number of benzene rings is 2. The highest BCUT2D eigenvalue weighted by atomic mass is 79.9. The van der Waals surface area contributed by atoms with E-state index in [9.17, 15) is 13.2 Å². The zero-order valence-electron chi connectivity index (χ0n) is 12.2. The van der Waals surface area contributed by atoms with Crippen molar-refractivity contribution < 1.29 is 17.9 Å². The molecule has 120 valence electrons. The molecule has 5 nitrogen and oxygen atoms in total. The molecule has 0 spiro atoms. The summed E-state index contributed by atoms with van der Waals surface area (Å²) in [5, 5.41) is 0. The maximum atomic E-state index is 12.8. The number of ether oxygens (including phenoxy) is 1. The standard InChI is InChI=1S/C16H14BrNO4S/c1-22-16(19)12-11-13-7-5-6-10-15(13)23(20,21)18(17)14-8-3-2-4-9-14/h2-12H,1H3. The first-order valence-corrected chi connectivity index (χ1v) is 8.73. The molecule has 0 aliphatic rings. The molecule has 0 saturated heterocycles. The lowest BCUT2D eigenvalue weighted by Gasteiger charge is -2.18. The van der Waals surface area contributed by atoms with E-state index >= 15 is 0 Å². The van der Waals surface area contributed by atoms with Crippen LogP contribution in [-0.2, 0) is 19.6 Å². The van der Waals surface area contributed by atoms with Crippen LogP contribution in [0.5, 0.6) is 0 Å². The summed E-state index contributed by atoms with van der Waals surface area (Å²) in [5.41, 5.74) is 0.859. The summed E-state index contributed by atoms with van der Waals surface area (Å²) in [5.74, 6) is -0.559. The van der Waals surface area contributed by atoms with Crippen LogP contribution in [0.25, 0.3) is 6.08 Å². The first-order chi connectivity index (χ1) is 11.0. The molecule has 0 fully saturated rings. The van der Waals surface area contributed by atoms with Crippen LogP contribution in [0.2, 0.25) is 0 Å². The van der Waals surface area contributed by atoms with Crippen LogP contribution < -0.4 is 3.33 Å². The van der Waals surface area contributed by atoms with Crippen LogP contribution in [0.15, 0.2) is 65.6 Å². The second kappa shape index (κ2) is 7.43. The zero-order valence-corrected chi connectivity index (χ0v) is 14.6. The van der Waals surface area contributed by atoms with Gasteiger partial charge in [-0.1, -0.05) is 36.4 Å². The van der Waals surface area contributed by atoms with Gasteiger partial charge in [-0.15, -0.1) is 0 Å². The molecule has 0 unspecified atom stereocenters. The molecule has 0 N–H and O–H groups in total. The average molecular weight is 396 g/mol. The van der Waals surface area contributed by atoms with E-state index in [2.05, 4.69) is 20.9 Å². The van der Waals surface area contributed by atoms with E-state index in [0.29, 0.717) is 11.3 Å². The van der Waals surface area contributed by atoms with Crippen LogP contribution in [-0.4, -0.2) is 21.5 Å². The highest BCUT2D eigenvalue weighted by Gasteiger charge is 2.25. The third kappa shape index (κ3) is 4.00. The second-order valence-electron chi connectivity index (χ2n) is 4.45. The summed E-state index contributed by atoms with van der Waals surface area (Å²) in [4.78, 5) is 11.3. The molecule has 0 aliphatic carbocycles. The summed E-state index contributed by atoms with van der Waals surface area (Å²) in [6.45, 7) is 0. The van der Waals surface area contributed by atoms with Gasteiger partial charge in [0.25, 0.3) is 10.0 Å². The molecule has 0 atom stereocenters. The minimum absolute atomic E-state index is 0.0703. The molecular formula is C16H14BrNO4S. The summed E-state index contributed by atoms with van der Waals surface area (Å²) < 4.78 is 31.1. The number of anilines is 1. The highest BCUT2D eigenvalue weighted by Crippen LogP contribution is 2.29. The van der Waals surface area contributed by atoms with E-state index in [1.165, 1.54) is 25.3 Å². The van der Waals surface area contributed by atoms with Crippen molar-refractivity contribution in [2.45, 2.75) is 4.90 Å². The molecule has 23 heavy (non-hydrogen) atoms. The molecule has 7 heteroatoms. The van der Waals surface area contributed by atoms with Crippen molar-refractivity contribution in [2.24, 2.45) is 0 Å². The number of carbonyl (C=O) groups is 1. The third-order valence-corrected chi connectivity index (χ3v) is 6.08. The van der Waals surface area contributed by atoms with Gasteiger partial charge in [0.05, 0.1) is 33.8 Å². The number of sulfonamides is 1.